The molecule has 154 valence electrons. The third-order valence-corrected chi connectivity index (χ3v) is 5.83. The minimum atomic E-state index is -0.403. The minimum Gasteiger partial charge on any atom is -0.465 e. The minimum absolute atomic E-state index is 0.322. The number of aromatic amines is 1. The van der Waals surface area contributed by atoms with Crippen molar-refractivity contribution in [1.82, 2.24) is 9.55 Å². The number of rotatable bonds is 6. The smallest absolute Gasteiger partial charge is 0.337 e. The Morgan fingerprint density at radius 1 is 1.20 bits per heavy atom. The molecule has 0 aliphatic carbocycles. The summed E-state index contributed by atoms with van der Waals surface area (Å²) in [5.41, 5.74) is 2.75. The number of para-hydroxylation sites is 1. The number of benzene rings is 2. The van der Waals surface area contributed by atoms with Crippen LogP contribution in [0.4, 0.5) is 0 Å². The van der Waals surface area contributed by atoms with Crippen molar-refractivity contribution in [3.05, 3.63) is 64.6 Å². The van der Waals surface area contributed by atoms with Crippen molar-refractivity contribution < 1.29 is 19.1 Å². The van der Waals surface area contributed by atoms with Crippen LogP contribution in [0.5, 0.6) is 0 Å². The van der Waals surface area contributed by atoms with Gasteiger partial charge in [-0.1, -0.05) is 29.5 Å². The zero-order valence-electron chi connectivity index (χ0n) is 16.7. The predicted molar refractivity (Wildman–Crippen MR) is 116 cm³/mol. The van der Waals surface area contributed by atoms with Gasteiger partial charge in [-0.25, -0.2) is 4.79 Å². The van der Waals surface area contributed by atoms with Gasteiger partial charge in [-0.3, -0.25) is 4.79 Å². The van der Waals surface area contributed by atoms with Crippen LogP contribution in [0.15, 0.2) is 53.7 Å². The second-order valence-corrected chi connectivity index (χ2v) is 7.58. The molecule has 0 bridgehead atoms. The van der Waals surface area contributed by atoms with Crippen molar-refractivity contribution in [2.75, 3.05) is 20.3 Å². The largest absolute Gasteiger partial charge is 0.465 e. The molecule has 0 aliphatic heterocycles. The first-order valence-corrected chi connectivity index (χ1v) is 10.4. The van der Waals surface area contributed by atoms with Crippen LogP contribution in [-0.2, 0) is 16.0 Å². The maximum Gasteiger partial charge on any atom is 0.337 e. The lowest BCUT2D eigenvalue weighted by atomic mass is 10.2. The van der Waals surface area contributed by atoms with Crippen LogP contribution in [0, 0.1) is 0 Å². The molecule has 0 spiro atoms. The number of hydrogen-bond donors (Lipinski definition) is 1. The number of amides is 1. The summed E-state index contributed by atoms with van der Waals surface area (Å²) in [6.07, 6.45) is 1.68. The van der Waals surface area contributed by atoms with E-state index in [0.29, 0.717) is 35.7 Å². The molecule has 2 aromatic carbocycles. The summed E-state index contributed by atoms with van der Waals surface area (Å²) >= 11 is 1.36. The van der Waals surface area contributed by atoms with Crippen molar-refractivity contribution in [2.45, 2.75) is 13.5 Å². The zero-order valence-corrected chi connectivity index (χ0v) is 17.5. The fraction of sp³-hybridized carbons (Fsp3) is 0.227. The van der Waals surface area contributed by atoms with E-state index < -0.39 is 5.97 Å². The van der Waals surface area contributed by atoms with Crippen LogP contribution >= 0.6 is 11.3 Å². The average Bonchev–Trinajstić information content (AvgIpc) is 3.34. The molecule has 2 heterocycles. The topological polar surface area (TPSA) is 85.7 Å². The van der Waals surface area contributed by atoms with Gasteiger partial charge in [-0.05, 0) is 31.2 Å². The number of methoxy groups -OCH3 is 1. The SMILES string of the molecule is CCOCCn1c(=NC(=O)c2c[nH]c3ccccc23)sc2cc(C(=O)OC)ccc21. The number of carbonyl (C=O) groups is 2. The summed E-state index contributed by atoms with van der Waals surface area (Å²) in [7, 11) is 1.35. The molecule has 30 heavy (non-hydrogen) atoms. The summed E-state index contributed by atoms with van der Waals surface area (Å²) in [6, 6.07) is 12.9. The summed E-state index contributed by atoms with van der Waals surface area (Å²) < 4.78 is 13.1. The molecule has 7 nitrogen and oxygen atoms in total. The summed E-state index contributed by atoms with van der Waals surface area (Å²) in [5, 5.41) is 0.834. The molecular weight excluding hydrogens is 402 g/mol. The van der Waals surface area contributed by atoms with Crippen molar-refractivity contribution >= 4 is 44.3 Å². The Morgan fingerprint density at radius 3 is 2.83 bits per heavy atom. The molecule has 0 unspecified atom stereocenters. The molecule has 2 aromatic heterocycles. The first-order valence-electron chi connectivity index (χ1n) is 9.57. The highest BCUT2D eigenvalue weighted by atomic mass is 32.1. The number of aromatic nitrogens is 2. The number of ether oxygens (including phenoxy) is 2. The van der Waals surface area contributed by atoms with E-state index in [1.807, 2.05) is 41.8 Å². The van der Waals surface area contributed by atoms with Gasteiger partial charge in [0.1, 0.15) is 0 Å². The van der Waals surface area contributed by atoms with Gasteiger partial charge < -0.3 is 19.0 Å². The maximum absolute atomic E-state index is 13.0. The first-order chi connectivity index (χ1) is 14.6. The molecule has 0 radical (unpaired) electrons. The number of carbonyl (C=O) groups excluding carboxylic acids is 2. The summed E-state index contributed by atoms with van der Waals surface area (Å²) in [4.78, 5) is 32.9. The van der Waals surface area contributed by atoms with Crippen LogP contribution < -0.4 is 4.80 Å². The number of thiazole rings is 1. The molecule has 0 saturated carbocycles. The maximum atomic E-state index is 13.0. The molecule has 0 fully saturated rings. The van der Waals surface area contributed by atoms with E-state index in [4.69, 9.17) is 9.47 Å². The van der Waals surface area contributed by atoms with Gasteiger partial charge in [0.2, 0.25) is 0 Å². The number of esters is 1. The van der Waals surface area contributed by atoms with Crippen molar-refractivity contribution in [3.63, 3.8) is 0 Å². The van der Waals surface area contributed by atoms with Gasteiger partial charge in [0, 0.05) is 30.3 Å². The van der Waals surface area contributed by atoms with E-state index in [9.17, 15) is 9.59 Å². The highest BCUT2D eigenvalue weighted by Crippen LogP contribution is 2.21. The van der Waals surface area contributed by atoms with Crippen LogP contribution in [0.1, 0.15) is 27.6 Å². The first kappa shape index (κ1) is 20.1. The average molecular weight is 423 g/mol. The lowest BCUT2D eigenvalue weighted by molar-refractivity contribution is 0.0600. The Morgan fingerprint density at radius 2 is 2.03 bits per heavy atom. The molecule has 0 aliphatic rings. The third kappa shape index (κ3) is 3.79. The highest BCUT2D eigenvalue weighted by Gasteiger charge is 2.14. The predicted octanol–water partition coefficient (Wildman–Crippen LogP) is 3.75. The fourth-order valence-electron chi connectivity index (χ4n) is 3.32. The summed E-state index contributed by atoms with van der Waals surface area (Å²) in [5.74, 6) is -0.725. The Bertz CT molecular complexity index is 1300. The number of nitrogens with one attached hydrogen (secondary N) is 1. The van der Waals surface area contributed by atoms with E-state index in [1.165, 1.54) is 18.4 Å². The van der Waals surface area contributed by atoms with Crippen LogP contribution in [-0.4, -0.2) is 41.8 Å². The van der Waals surface area contributed by atoms with Gasteiger partial charge >= 0.3 is 5.97 Å². The molecule has 8 heteroatoms. The van der Waals surface area contributed by atoms with Crippen LogP contribution in [0.2, 0.25) is 0 Å². The van der Waals surface area contributed by atoms with Gasteiger partial charge in [-0.15, -0.1) is 0 Å². The zero-order chi connectivity index (χ0) is 21.1. The van der Waals surface area contributed by atoms with Gasteiger partial charge in [-0.2, -0.15) is 4.99 Å². The van der Waals surface area contributed by atoms with E-state index in [2.05, 4.69) is 9.98 Å². The molecule has 1 amide bonds. The van der Waals surface area contributed by atoms with Crippen molar-refractivity contribution in [3.8, 4) is 0 Å². The molecule has 0 atom stereocenters. The van der Waals surface area contributed by atoms with Gasteiger partial charge in [0.25, 0.3) is 5.91 Å². The second kappa shape index (κ2) is 8.64. The fourth-order valence-corrected chi connectivity index (χ4v) is 4.41. The van der Waals surface area contributed by atoms with E-state index in [-0.39, 0.29) is 5.91 Å². The molecule has 4 rings (SSSR count). The Balaban J connectivity index is 1.81. The third-order valence-electron chi connectivity index (χ3n) is 4.78. The normalized spacial score (nSPS) is 12.0. The Hall–Kier alpha value is -3.23. The molecular formula is C22H21N3O4S. The highest BCUT2D eigenvalue weighted by molar-refractivity contribution is 7.16. The lowest BCUT2D eigenvalue weighted by Crippen LogP contribution is -2.19. The van der Waals surface area contributed by atoms with Crippen molar-refractivity contribution in [1.29, 1.82) is 0 Å². The summed E-state index contributed by atoms with van der Waals surface area (Å²) in [6.45, 7) is 3.58. The van der Waals surface area contributed by atoms with E-state index >= 15 is 0 Å². The molecule has 4 aromatic rings. The number of fused-ring (bicyclic) bond motifs is 2. The quantitative estimate of drug-likeness (QED) is 0.378. The van der Waals surface area contributed by atoms with Gasteiger partial charge in [0.15, 0.2) is 4.80 Å². The number of nitrogens with zero attached hydrogens (tertiary/aromatic N) is 2. The standard InChI is InChI=1S/C22H21N3O4S/c1-3-29-11-10-25-18-9-8-14(21(27)28-2)12-19(18)30-22(25)24-20(26)16-13-23-17-7-5-4-6-15(16)17/h4-9,12-13,23H,3,10-11H2,1-2H3. The van der Waals surface area contributed by atoms with Crippen molar-refractivity contribution in [2.24, 2.45) is 4.99 Å². The lowest BCUT2D eigenvalue weighted by Gasteiger charge is -2.06. The van der Waals surface area contributed by atoms with Gasteiger partial charge in [0.05, 0.1) is 35.1 Å². The number of hydrogen-bond acceptors (Lipinski definition) is 5. The molecule has 1 N–H and O–H groups in total. The Kier molecular flexibility index (Phi) is 5.78. The van der Waals surface area contributed by atoms with Crippen LogP contribution in [0.25, 0.3) is 21.1 Å². The second-order valence-electron chi connectivity index (χ2n) is 6.57. The Labute approximate surface area is 176 Å². The van der Waals surface area contributed by atoms with E-state index in [1.54, 1.807) is 18.3 Å². The monoisotopic (exact) mass is 423 g/mol. The van der Waals surface area contributed by atoms with Crippen LogP contribution in [0.3, 0.4) is 0 Å². The molecule has 0 saturated heterocycles. The van der Waals surface area contributed by atoms with E-state index in [0.717, 1.165) is 21.1 Å². The number of H-pyrrole nitrogens is 1.